The van der Waals surface area contributed by atoms with Crippen molar-refractivity contribution in [3.8, 4) is 0 Å². The molecular formula is C25H24O4Se. The van der Waals surface area contributed by atoms with E-state index in [0.717, 1.165) is 5.56 Å². The fourth-order valence-corrected chi connectivity index (χ4v) is 6.37. The zero-order valence-corrected chi connectivity index (χ0v) is 18.2. The van der Waals surface area contributed by atoms with Crippen molar-refractivity contribution in [2.24, 2.45) is 0 Å². The number of aliphatic hydroxyl groups excluding tert-OH is 1. The van der Waals surface area contributed by atoms with E-state index in [9.17, 15) is 9.90 Å². The molecule has 4 atom stereocenters. The second-order valence-electron chi connectivity index (χ2n) is 7.20. The average Bonchev–Trinajstić information content (AvgIpc) is 2.81. The van der Waals surface area contributed by atoms with Gasteiger partial charge in [0.15, 0.2) is 0 Å². The molecule has 1 aliphatic rings. The summed E-state index contributed by atoms with van der Waals surface area (Å²) in [5.74, 6) is -0.383. The van der Waals surface area contributed by atoms with Crippen molar-refractivity contribution in [2.75, 3.05) is 6.61 Å². The molecule has 0 saturated carbocycles. The number of carbonyl (C=O) groups excluding carboxylic acids is 1. The maximum atomic E-state index is 12.6. The van der Waals surface area contributed by atoms with E-state index in [1.807, 2.05) is 54.6 Å². The van der Waals surface area contributed by atoms with Gasteiger partial charge in [-0.05, 0) is 0 Å². The van der Waals surface area contributed by atoms with Crippen molar-refractivity contribution >= 4 is 25.4 Å². The Balaban J connectivity index is 1.57. The number of hydrogen-bond donors (Lipinski definition) is 1. The molecule has 0 aliphatic carbocycles. The van der Waals surface area contributed by atoms with Crippen LogP contribution >= 0.6 is 0 Å². The van der Waals surface area contributed by atoms with Gasteiger partial charge in [0.1, 0.15) is 0 Å². The van der Waals surface area contributed by atoms with Crippen molar-refractivity contribution in [3.63, 3.8) is 0 Å². The molecule has 0 unspecified atom stereocenters. The molecule has 1 heterocycles. The molecule has 1 aliphatic heterocycles. The van der Waals surface area contributed by atoms with Crippen LogP contribution in [0.2, 0.25) is 4.82 Å². The van der Waals surface area contributed by atoms with Crippen LogP contribution in [0.1, 0.15) is 28.4 Å². The molecule has 0 spiro atoms. The van der Waals surface area contributed by atoms with E-state index in [1.165, 1.54) is 4.46 Å². The molecule has 5 heteroatoms. The first-order valence-electron chi connectivity index (χ1n) is 10.0. The van der Waals surface area contributed by atoms with Crippen LogP contribution in [-0.2, 0) is 9.47 Å². The molecule has 1 saturated heterocycles. The second kappa shape index (κ2) is 10.1. The maximum absolute atomic E-state index is 12.6. The van der Waals surface area contributed by atoms with Crippen LogP contribution in [0.25, 0.3) is 0 Å². The summed E-state index contributed by atoms with van der Waals surface area (Å²) in [5, 5.41) is 9.97. The van der Waals surface area contributed by atoms with Crippen LogP contribution in [0.15, 0.2) is 91.0 Å². The molecule has 154 valence electrons. The monoisotopic (exact) mass is 468 g/mol. The van der Waals surface area contributed by atoms with E-state index in [0.29, 0.717) is 12.0 Å². The van der Waals surface area contributed by atoms with Gasteiger partial charge in [-0.15, -0.1) is 0 Å². The van der Waals surface area contributed by atoms with E-state index in [1.54, 1.807) is 12.1 Å². The van der Waals surface area contributed by atoms with Gasteiger partial charge >= 0.3 is 183 Å². The first-order valence-corrected chi connectivity index (χ1v) is 11.9. The Labute approximate surface area is 183 Å². The topological polar surface area (TPSA) is 55.8 Å². The molecule has 1 N–H and O–H groups in total. The summed E-state index contributed by atoms with van der Waals surface area (Å²) in [6.07, 6.45) is -0.530. The normalized spacial score (nSPS) is 23.6. The van der Waals surface area contributed by atoms with Crippen LogP contribution < -0.4 is 4.46 Å². The third-order valence-electron chi connectivity index (χ3n) is 5.14. The van der Waals surface area contributed by atoms with Crippen molar-refractivity contribution in [1.82, 2.24) is 0 Å². The van der Waals surface area contributed by atoms with E-state index < -0.39 is 12.2 Å². The predicted molar refractivity (Wildman–Crippen MR) is 117 cm³/mol. The van der Waals surface area contributed by atoms with Crippen molar-refractivity contribution in [3.05, 3.63) is 102 Å². The minimum absolute atomic E-state index is 0.125. The van der Waals surface area contributed by atoms with Crippen molar-refractivity contribution in [1.29, 1.82) is 0 Å². The number of aliphatic hydroxyl groups is 1. The molecule has 3 aromatic rings. The molecule has 30 heavy (non-hydrogen) atoms. The summed E-state index contributed by atoms with van der Waals surface area (Å²) in [6.45, 7) is -0.193. The number of hydrogen-bond acceptors (Lipinski definition) is 4. The SMILES string of the molecule is O=C(O[C@@H]1C[C@H]([Se]c2ccccc2)[C@@H](c2ccccc2)O[C@H]1CO)c1ccccc1. The number of benzene rings is 3. The summed E-state index contributed by atoms with van der Waals surface area (Å²) >= 11 is 0.125. The average molecular weight is 467 g/mol. The molecule has 0 aromatic heterocycles. The van der Waals surface area contributed by atoms with Gasteiger partial charge in [-0.1, -0.05) is 0 Å². The van der Waals surface area contributed by atoms with Gasteiger partial charge in [-0.3, -0.25) is 0 Å². The summed E-state index contributed by atoms with van der Waals surface area (Å²) in [4.78, 5) is 12.8. The molecular weight excluding hydrogens is 443 g/mol. The zero-order chi connectivity index (χ0) is 20.8. The van der Waals surface area contributed by atoms with Crippen molar-refractivity contribution in [2.45, 2.75) is 29.5 Å². The van der Waals surface area contributed by atoms with Gasteiger partial charge in [-0.2, -0.15) is 0 Å². The number of ether oxygens (including phenoxy) is 2. The van der Waals surface area contributed by atoms with Gasteiger partial charge < -0.3 is 0 Å². The first kappa shape index (κ1) is 20.8. The summed E-state index contributed by atoms with van der Waals surface area (Å²) in [7, 11) is 0. The van der Waals surface area contributed by atoms with Gasteiger partial charge in [0.05, 0.1) is 0 Å². The fraction of sp³-hybridized carbons (Fsp3) is 0.240. The Hall–Kier alpha value is -2.43. The summed E-state index contributed by atoms with van der Waals surface area (Å²) in [5.41, 5.74) is 1.59. The van der Waals surface area contributed by atoms with Gasteiger partial charge in [0.2, 0.25) is 0 Å². The minimum atomic E-state index is -0.550. The fourth-order valence-electron chi connectivity index (χ4n) is 3.65. The Bertz CT molecular complexity index is 933. The van der Waals surface area contributed by atoms with Crippen LogP contribution in [-0.4, -0.2) is 44.8 Å². The third-order valence-corrected chi connectivity index (χ3v) is 7.84. The zero-order valence-electron chi connectivity index (χ0n) is 16.5. The van der Waals surface area contributed by atoms with Gasteiger partial charge in [-0.25, -0.2) is 0 Å². The molecule has 0 radical (unpaired) electrons. The van der Waals surface area contributed by atoms with Crippen molar-refractivity contribution < 1.29 is 19.4 Å². The molecule has 0 amide bonds. The van der Waals surface area contributed by atoms with E-state index in [2.05, 4.69) is 24.3 Å². The third kappa shape index (κ3) is 5.00. The summed E-state index contributed by atoms with van der Waals surface area (Å²) in [6, 6.07) is 29.4. The number of esters is 1. The number of carbonyl (C=O) groups is 1. The van der Waals surface area contributed by atoms with Gasteiger partial charge in [0.25, 0.3) is 0 Å². The van der Waals surface area contributed by atoms with E-state index >= 15 is 0 Å². The Morgan fingerprint density at radius 3 is 2.17 bits per heavy atom. The molecule has 3 aromatic carbocycles. The van der Waals surface area contributed by atoms with Crippen LogP contribution in [0, 0.1) is 0 Å². The predicted octanol–water partition coefficient (Wildman–Crippen LogP) is 3.55. The Morgan fingerprint density at radius 1 is 0.933 bits per heavy atom. The standard InChI is InChI=1S/C25H24O4Se/c26-17-22-21(29-25(27)19-12-6-2-7-13-19)16-23(30-20-14-8-3-9-15-20)24(28-22)18-10-4-1-5-11-18/h1-15,21-24,26H,16-17H2/t21-,22+,23+,24-/m1/s1. The first-order chi connectivity index (χ1) is 14.7. The summed E-state index contributed by atoms with van der Waals surface area (Å²) < 4.78 is 13.4. The van der Waals surface area contributed by atoms with E-state index in [4.69, 9.17) is 9.47 Å². The Morgan fingerprint density at radius 2 is 1.53 bits per heavy atom. The molecule has 4 nitrogen and oxygen atoms in total. The second-order valence-corrected chi connectivity index (χ2v) is 9.96. The van der Waals surface area contributed by atoms with E-state index in [-0.39, 0.29) is 38.5 Å². The molecule has 0 bridgehead atoms. The quantitative estimate of drug-likeness (QED) is 0.445. The van der Waals surface area contributed by atoms with Crippen LogP contribution in [0.3, 0.4) is 0 Å². The van der Waals surface area contributed by atoms with Gasteiger partial charge in [0, 0.05) is 0 Å². The molecule has 1 fully saturated rings. The number of rotatable bonds is 6. The van der Waals surface area contributed by atoms with Crippen LogP contribution in [0.5, 0.6) is 0 Å². The van der Waals surface area contributed by atoms with Crippen LogP contribution in [0.4, 0.5) is 0 Å². The molecule has 4 rings (SSSR count). The Kier molecular flexibility index (Phi) is 6.98.